The number of guanidine groups is 1. The number of halogens is 1. The first-order chi connectivity index (χ1) is 13.2. The summed E-state index contributed by atoms with van der Waals surface area (Å²) in [7, 11) is 5.00. The highest BCUT2D eigenvalue weighted by Crippen LogP contribution is 2.32. The zero-order valence-electron chi connectivity index (χ0n) is 16.3. The largest absolute Gasteiger partial charge is 0.497 e. The van der Waals surface area contributed by atoms with E-state index >= 15 is 0 Å². The van der Waals surface area contributed by atoms with Gasteiger partial charge in [-0.25, -0.2) is 0 Å². The van der Waals surface area contributed by atoms with E-state index in [1.807, 2.05) is 36.4 Å². The third-order valence-electron chi connectivity index (χ3n) is 4.17. The highest BCUT2D eigenvalue weighted by Gasteiger charge is 2.12. The number of rotatable bonds is 5. The number of benzene rings is 2. The van der Waals surface area contributed by atoms with Gasteiger partial charge in [0.2, 0.25) is 0 Å². The van der Waals surface area contributed by atoms with Gasteiger partial charge in [-0.05, 0) is 24.3 Å². The number of nitrogens with zero attached hydrogens (tertiary/aromatic N) is 1. The molecule has 3 rings (SSSR count). The van der Waals surface area contributed by atoms with Crippen LogP contribution in [0.2, 0.25) is 0 Å². The predicted octanol–water partition coefficient (Wildman–Crippen LogP) is 3.67. The number of anilines is 1. The summed E-state index contributed by atoms with van der Waals surface area (Å²) in [6.07, 6.45) is 0.879. The Morgan fingerprint density at radius 2 is 1.82 bits per heavy atom. The van der Waals surface area contributed by atoms with Gasteiger partial charge >= 0.3 is 0 Å². The molecule has 7 nitrogen and oxygen atoms in total. The van der Waals surface area contributed by atoms with Crippen molar-refractivity contribution in [1.29, 1.82) is 0 Å². The Balaban J connectivity index is 0.00000280. The molecule has 0 atom stereocenters. The van der Waals surface area contributed by atoms with Crippen molar-refractivity contribution in [2.75, 3.05) is 39.8 Å². The first kappa shape index (κ1) is 21.9. The van der Waals surface area contributed by atoms with Gasteiger partial charge in [0, 0.05) is 43.4 Å². The zero-order chi connectivity index (χ0) is 19.1. The minimum absolute atomic E-state index is 0. The second kappa shape index (κ2) is 10.8. The molecule has 0 radical (unpaired) electrons. The lowest BCUT2D eigenvalue weighted by Gasteiger charge is -2.15. The minimum atomic E-state index is 0. The van der Waals surface area contributed by atoms with Crippen LogP contribution in [0.4, 0.5) is 5.69 Å². The number of methoxy groups -OCH3 is 2. The molecule has 2 aromatic rings. The average molecular weight is 499 g/mol. The quantitative estimate of drug-likeness (QED) is 0.372. The molecule has 152 valence electrons. The smallest absolute Gasteiger partial charge is 0.195 e. The van der Waals surface area contributed by atoms with Crippen LogP contribution in [0, 0.1) is 0 Å². The van der Waals surface area contributed by atoms with Gasteiger partial charge in [-0.1, -0.05) is 0 Å². The molecule has 1 aliphatic heterocycles. The van der Waals surface area contributed by atoms with E-state index in [4.69, 9.17) is 18.9 Å². The number of hydrogen-bond acceptors (Lipinski definition) is 5. The number of ether oxygens (including phenoxy) is 4. The maximum atomic E-state index is 5.73. The maximum Gasteiger partial charge on any atom is 0.195 e. The zero-order valence-corrected chi connectivity index (χ0v) is 18.6. The first-order valence-electron chi connectivity index (χ1n) is 8.81. The molecule has 0 saturated heterocycles. The van der Waals surface area contributed by atoms with Crippen molar-refractivity contribution in [3.05, 3.63) is 42.0 Å². The van der Waals surface area contributed by atoms with Crippen molar-refractivity contribution >= 4 is 35.6 Å². The van der Waals surface area contributed by atoms with E-state index in [2.05, 4.69) is 15.6 Å². The van der Waals surface area contributed by atoms with Crippen LogP contribution in [0.1, 0.15) is 12.0 Å². The molecule has 0 unspecified atom stereocenters. The first-order valence-corrected chi connectivity index (χ1v) is 8.81. The Bertz CT molecular complexity index is 814. The van der Waals surface area contributed by atoms with Crippen LogP contribution in [-0.4, -0.2) is 40.4 Å². The fraction of sp³-hybridized carbons (Fsp3) is 0.350. The fourth-order valence-electron chi connectivity index (χ4n) is 2.73. The summed E-state index contributed by atoms with van der Waals surface area (Å²) >= 11 is 0. The van der Waals surface area contributed by atoms with Crippen molar-refractivity contribution in [3.63, 3.8) is 0 Å². The Kier molecular flexibility index (Phi) is 8.49. The molecule has 2 N–H and O–H groups in total. The highest BCUT2D eigenvalue weighted by molar-refractivity contribution is 14.0. The molecular weight excluding hydrogens is 473 g/mol. The van der Waals surface area contributed by atoms with Crippen LogP contribution >= 0.6 is 24.0 Å². The van der Waals surface area contributed by atoms with Gasteiger partial charge in [0.15, 0.2) is 17.5 Å². The monoisotopic (exact) mass is 499 g/mol. The van der Waals surface area contributed by atoms with Crippen molar-refractivity contribution < 1.29 is 18.9 Å². The SMILES string of the molecule is CN=C(NCc1ccc(OC)cc1OC)Nc1ccc2c(c1)OCCCO2.I. The molecule has 0 aromatic heterocycles. The third kappa shape index (κ3) is 5.57. The van der Waals surface area contributed by atoms with Crippen LogP contribution in [-0.2, 0) is 6.54 Å². The molecular formula is C20H26IN3O4. The van der Waals surface area contributed by atoms with Gasteiger partial charge in [0.05, 0.1) is 27.4 Å². The highest BCUT2D eigenvalue weighted by atomic mass is 127. The van der Waals surface area contributed by atoms with Gasteiger partial charge in [0.1, 0.15) is 11.5 Å². The van der Waals surface area contributed by atoms with Crippen LogP contribution in [0.5, 0.6) is 23.0 Å². The molecule has 1 aliphatic rings. The van der Waals surface area contributed by atoms with Crippen molar-refractivity contribution in [1.82, 2.24) is 5.32 Å². The average Bonchev–Trinajstić information content (AvgIpc) is 2.95. The molecule has 0 amide bonds. The van der Waals surface area contributed by atoms with Crippen molar-refractivity contribution in [3.8, 4) is 23.0 Å². The van der Waals surface area contributed by atoms with E-state index in [1.54, 1.807) is 21.3 Å². The van der Waals surface area contributed by atoms with E-state index < -0.39 is 0 Å². The molecule has 28 heavy (non-hydrogen) atoms. The van der Waals surface area contributed by atoms with Gasteiger partial charge < -0.3 is 29.6 Å². The number of fused-ring (bicyclic) bond motifs is 1. The minimum Gasteiger partial charge on any atom is -0.497 e. The lowest BCUT2D eigenvalue weighted by molar-refractivity contribution is 0.297. The van der Waals surface area contributed by atoms with Gasteiger partial charge in [0.25, 0.3) is 0 Å². The van der Waals surface area contributed by atoms with Crippen LogP contribution in [0.3, 0.4) is 0 Å². The van der Waals surface area contributed by atoms with Gasteiger partial charge in [-0.3, -0.25) is 4.99 Å². The van der Waals surface area contributed by atoms with E-state index in [0.29, 0.717) is 25.7 Å². The van der Waals surface area contributed by atoms with Gasteiger partial charge in [-0.2, -0.15) is 0 Å². The second-order valence-corrected chi connectivity index (χ2v) is 5.94. The van der Waals surface area contributed by atoms with Crippen LogP contribution in [0.15, 0.2) is 41.4 Å². The Hall–Kier alpha value is -2.36. The summed E-state index contributed by atoms with van der Waals surface area (Å²) in [6.45, 7) is 1.88. The molecule has 0 spiro atoms. The molecule has 8 heteroatoms. The standard InChI is InChI=1S/C20H25N3O4.HI/c1-21-20(22-13-14-5-7-16(24-2)12-18(14)25-3)23-15-6-8-17-19(11-15)27-10-4-9-26-17;/h5-8,11-12H,4,9-10,13H2,1-3H3,(H2,21,22,23);1H. The molecule has 0 fully saturated rings. The van der Waals surface area contributed by atoms with E-state index in [1.165, 1.54) is 0 Å². The second-order valence-electron chi connectivity index (χ2n) is 5.94. The summed E-state index contributed by atoms with van der Waals surface area (Å²) < 4.78 is 22.1. The van der Waals surface area contributed by atoms with Crippen LogP contribution in [0.25, 0.3) is 0 Å². The lowest BCUT2D eigenvalue weighted by Crippen LogP contribution is -2.30. The summed E-state index contributed by atoms with van der Waals surface area (Å²) in [5.74, 6) is 3.66. The maximum absolute atomic E-state index is 5.73. The number of hydrogen-bond donors (Lipinski definition) is 2. The number of nitrogens with one attached hydrogen (secondary N) is 2. The molecule has 0 bridgehead atoms. The van der Waals surface area contributed by atoms with Crippen LogP contribution < -0.4 is 29.6 Å². The Morgan fingerprint density at radius 3 is 2.54 bits per heavy atom. The Morgan fingerprint density at radius 1 is 1.04 bits per heavy atom. The van der Waals surface area contributed by atoms with E-state index in [9.17, 15) is 0 Å². The fourth-order valence-corrected chi connectivity index (χ4v) is 2.73. The van der Waals surface area contributed by atoms with Crippen molar-refractivity contribution in [2.24, 2.45) is 4.99 Å². The summed E-state index contributed by atoms with van der Waals surface area (Å²) in [6, 6.07) is 11.5. The Labute approximate surface area is 182 Å². The lowest BCUT2D eigenvalue weighted by atomic mass is 10.2. The van der Waals surface area contributed by atoms with Crippen molar-refractivity contribution in [2.45, 2.75) is 13.0 Å². The summed E-state index contributed by atoms with van der Waals surface area (Å²) in [5, 5.41) is 6.55. The summed E-state index contributed by atoms with van der Waals surface area (Å²) in [5.41, 5.74) is 1.87. The predicted molar refractivity (Wildman–Crippen MR) is 121 cm³/mol. The topological polar surface area (TPSA) is 73.3 Å². The molecule has 2 aromatic carbocycles. The van der Waals surface area contributed by atoms with E-state index in [-0.39, 0.29) is 24.0 Å². The third-order valence-corrected chi connectivity index (χ3v) is 4.17. The number of aliphatic imine (C=N–C) groups is 1. The van der Waals surface area contributed by atoms with Gasteiger partial charge in [-0.15, -0.1) is 24.0 Å². The molecule has 0 saturated carbocycles. The van der Waals surface area contributed by atoms with E-state index in [0.717, 1.165) is 40.7 Å². The molecule has 0 aliphatic carbocycles. The normalized spacial score (nSPS) is 13.0. The summed E-state index contributed by atoms with van der Waals surface area (Å²) in [4.78, 5) is 4.28. The molecule has 1 heterocycles.